The average Bonchev–Trinajstić information content (AvgIpc) is 2.37. The Morgan fingerprint density at radius 1 is 1.06 bits per heavy atom. The van der Waals surface area contributed by atoms with Crippen LogP contribution in [0.15, 0.2) is 30.3 Å². The molecule has 0 aliphatic carbocycles. The van der Waals surface area contributed by atoms with E-state index in [0.29, 0.717) is 13.2 Å². The van der Waals surface area contributed by atoms with Crippen molar-refractivity contribution in [2.45, 2.75) is 39.3 Å². The van der Waals surface area contributed by atoms with Gasteiger partial charge in [0.1, 0.15) is 0 Å². The third-order valence-electron chi connectivity index (χ3n) is 2.75. The van der Waals surface area contributed by atoms with Crippen LogP contribution in [0, 0.1) is 0 Å². The van der Waals surface area contributed by atoms with Crippen LogP contribution in [0.5, 0.6) is 0 Å². The van der Waals surface area contributed by atoms with Gasteiger partial charge in [0, 0.05) is 0 Å². The summed E-state index contributed by atoms with van der Waals surface area (Å²) in [5.74, 6) is 0. The third kappa shape index (κ3) is 3.94. The molecule has 0 spiro atoms. The Bertz CT molecular complexity index is 368. The first-order valence-corrected chi connectivity index (χ1v) is 8.22. The molecule has 0 radical (unpaired) electrons. The standard InChI is InChI=1S/C14H23O3P/c1-4-10-14(13-11-8-7-9-12-13)18(15,16-5-2)17-6-3/h7-9,11-12,14H,4-6,10H2,1-3H3/t14-/m0/s1. The molecule has 1 rings (SSSR count). The lowest BCUT2D eigenvalue weighted by molar-refractivity contribution is 0.210. The second-order valence-electron chi connectivity index (χ2n) is 4.09. The third-order valence-corrected chi connectivity index (χ3v) is 5.30. The van der Waals surface area contributed by atoms with Crippen molar-refractivity contribution in [3.05, 3.63) is 35.9 Å². The lowest BCUT2D eigenvalue weighted by Gasteiger charge is -2.26. The molecule has 3 nitrogen and oxygen atoms in total. The Balaban J connectivity index is 3.04. The van der Waals surface area contributed by atoms with Crippen molar-refractivity contribution in [1.82, 2.24) is 0 Å². The Kier molecular flexibility index (Phi) is 6.62. The van der Waals surface area contributed by atoms with E-state index in [1.54, 1.807) is 0 Å². The average molecular weight is 270 g/mol. The van der Waals surface area contributed by atoms with Crippen molar-refractivity contribution >= 4 is 7.60 Å². The molecule has 0 saturated carbocycles. The Labute approximate surface area is 110 Å². The molecule has 1 atom stereocenters. The Morgan fingerprint density at radius 3 is 2.06 bits per heavy atom. The Hall–Kier alpha value is -0.630. The summed E-state index contributed by atoms with van der Waals surface area (Å²) in [6.07, 6.45) is 1.75. The summed E-state index contributed by atoms with van der Waals surface area (Å²) in [6.45, 7) is 6.59. The van der Waals surface area contributed by atoms with Gasteiger partial charge in [0.2, 0.25) is 0 Å². The molecule has 18 heavy (non-hydrogen) atoms. The fourth-order valence-corrected chi connectivity index (χ4v) is 4.30. The Morgan fingerprint density at radius 2 is 1.61 bits per heavy atom. The SMILES string of the molecule is CCC[C@@H](c1ccccc1)P(=O)(OCC)OCC. The normalized spacial score (nSPS) is 13.5. The number of hydrogen-bond acceptors (Lipinski definition) is 3. The predicted molar refractivity (Wildman–Crippen MR) is 74.9 cm³/mol. The first-order chi connectivity index (χ1) is 8.68. The molecule has 0 aromatic heterocycles. The summed E-state index contributed by atoms with van der Waals surface area (Å²) >= 11 is 0. The zero-order valence-corrected chi connectivity index (χ0v) is 12.4. The first-order valence-electron chi connectivity index (χ1n) is 6.61. The van der Waals surface area contributed by atoms with Crippen LogP contribution in [-0.4, -0.2) is 13.2 Å². The highest BCUT2D eigenvalue weighted by molar-refractivity contribution is 7.54. The molecule has 0 bridgehead atoms. The molecule has 0 fully saturated rings. The summed E-state index contributed by atoms with van der Waals surface area (Å²) in [4.78, 5) is 0. The van der Waals surface area contributed by atoms with Crippen LogP contribution in [0.25, 0.3) is 0 Å². The van der Waals surface area contributed by atoms with Crippen molar-refractivity contribution in [1.29, 1.82) is 0 Å². The highest BCUT2D eigenvalue weighted by Crippen LogP contribution is 2.62. The molecule has 0 amide bonds. The van der Waals surface area contributed by atoms with Gasteiger partial charge in [-0.25, -0.2) is 0 Å². The largest absolute Gasteiger partial charge is 0.338 e. The topological polar surface area (TPSA) is 35.5 Å². The molecule has 0 unspecified atom stereocenters. The molecule has 1 aromatic carbocycles. The van der Waals surface area contributed by atoms with Crippen molar-refractivity contribution in [3.8, 4) is 0 Å². The molecule has 0 aliphatic heterocycles. The lowest BCUT2D eigenvalue weighted by atomic mass is 10.1. The highest BCUT2D eigenvalue weighted by atomic mass is 31.2. The van der Waals surface area contributed by atoms with Gasteiger partial charge in [0.25, 0.3) is 0 Å². The molecule has 0 heterocycles. The van der Waals surface area contributed by atoms with E-state index in [1.165, 1.54) is 0 Å². The highest BCUT2D eigenvalue weighted by Gasteiger charge is 2.35. The smallest absolute Gasteiger partial charge is 0.308 e. The van der Waals surface area contributed by atoms with E-state index in [2.05, 4.69) is 6.92 Å². The maximum atomic E-state index is 12.9. The van der Waals surface area contributed by atoms with Gasteiger partial charge in [-0.1, -0.05) is 43.7 Å². The summed E-state index contributed by atoms with van der Waals surface area (Å²) < 4.78 is 23.8. The number of benzene rings is 1. The van der Waals surface area contributed by atoms with Gasteiger partial charge in [0.15, 0.2) is 0 Å². The zero-order valence-electron chi connectivity index (χ0n) is 11.5. The van der Waals surface area contributed by atoms with Gasteiger partial charge >= 0.3 is 7.60 Å². The summed E-state index contributed by atoms with van der Waals surface area (Å²) in [7, 11) is -3.07. The van der Waals surface area contributed by atoms with E-state index in [4.69, 9.17) is 9.05 Å². The van der Waals surface area contributed by atoms with Gasteiger partial charge in [-0.2, -0.15) is 0 Å². The molecule has 4 heteroatoms. The van der Waals surface area contributed by atoms with Crippen LogP contribution in [-0.2, 0) is 13.6 Å². The van der Waals surface area contributed by atoms with Gasteiger partial charge in [0.05, 0.1) is 18.9 Å². The minimum absolute atomic E-state index is 0.163. The molecule has 0 saturated heterocycles. The second kappa shape index (κ2) is 7.73. The molecule has 0 N–H and O–H groups in total. The monoisotopic (exact) mass is 270 g/mol. The predicted octanol–water partition coefficient (Wildman–Crippen LogP) is 4.79. The molecule has 1 aromatic rings. The van der Waals surface area contributed by atoms with Crippen LogP contribution in [0.2, 0.25) is 0 Å². The van der Waals surface area contributed by atoms with E-state index >= 15 is 0 Å². The van der Waals surface area contributed by atoms with Crippen molar-refractivity contribution < 1.29 is 13.6 Å². The van der Waals surface area contributed by atoms with E-state index < -0.39 is 7.60 Å². The molecular formula is C14H23O3P. The summed E-state index contributed by atoms with van der Waals surface area (Å²) in [5, 5.41) is 0. The minimum atomic E-state index is -3.07. The van der Waals surface area contributed by atoms with Crippen molar-refractivity contribution in [3.63, 3.8) is 0 Å². The lowest BCUT2D eigenvalue weighted by Crippen LogP contribution is -2.06. The maximum Gasteiger partial charge on any atom is 0.338 e. The molecule has 0 aliphatic rings. The minimum Gasteiger partial charge on any atom is -0.308 e. The number of rotatable bonds is 8. The quantitative estimate of drug-likeness (QED) is 0.637. The van der Waals surface area contributed by atoms with E-state index in [-0.39, 0.29) is 5.66 Å². The first kappa shape index (κ1) is 15.4. The zero-order chi connectivity index (χ0) is 13.4. The van der Waals surface area contributed by atoms with Crippen molar-refractivity contribution in [2.24, 2.45) is 0 Å². The van der Waals surface area contributed by atoms with Crippen LogP contribution >= 0.6 is 7.60 Å². The van der Waals surface area contributed by atoms with E-state index in [9.17, 15) is 4.57 Å². The second-order valence-corrected chi connectivity index (χ2v) is 6.31. The van der Waals surface area contributed by atoms with Crippen LogP contribution in [0.1, 0.15) is 44.8 Å². The van der Waals surface area contributed by atoms with E-state index in [0.717, 1.165) is 18.4 Å². The number of hydrogen-bond donors (Lipinski definition) is 0. The van der Waals surface area contributed by atoms with Crippen LogP contribution in [0.3, 0.4) is 0 Å². The fourth-order valence-electron chi connectivity index (χ4n) is 2.03. The summed E-state index contributed by atoms with van der Waals surface area (Å²) in [5.41, 5.74) is 0.869. The van der Waals surface area contributed by atoms with Crippen LogP contribution in [0.4, 0.5) is 0 Å². The van der Waals surface area contributed by atoms with Crippen molar-refractivity contribution in [2.75, 3.05) is 13.2 Å². The van der Waals surface area contributed by atoms with Gasteiger partial charge in [-0.3, -0.25) is 4.57 Å². The maximum absolute atomic E-state index is 12.9. The summed E-state index contributed by atoms with van der Waals surface area (Å²) in [6, 6.07) is 9.86. The van der Waals surface area contributed by atoms with E-state index in [1.807, 2.05) is 44.2 Å². The van der Waals surface area contributed by atoms with Gasteiger partial charge in [-0.05, 0) is 25.8 Å². The fraction of sp³-hybridized carbons (Fsp3) is 0.571. The van der Waals surface area contributed by atoms with Crippen LogP contribution < -0.4 is 0 Å². The van der Waals surface area contributed by atoms with Gasteiger partial charge < -0.3 is 9.05 Å². The molecule has 102 valence electrons. The van der Waals surface area contributed by atoms with Gasteiger partial charge in [-0.15, -0.1) is 0 Å². The molecular weight excluding hydrogens is 247 g/mol.